The number of rotatable bonds is 11. The number of hydrogen-bond donors (Lipinski definition) is 2. The Morgan fingerprint density at radius 1 is 1.03 bits per heavy atom. The second-order valence-electron chi connectivity index (χ2n) is 7.76. The highest BCUT2D eigenvalue weighted by Gasteiger charge is 2.24. The molecule has 1 saturated heterocycles. The first-order valence-electron chi connectivity index (χ1n) is 11.0. The third kappa shape index (κ3) is 8.11. The first-order valence-corrected chi connectivity index (χ1v) is 11.0. The van der Waals surface area contributed by atoms with E-state index in [1.54, 1.807) is 24.4 Å². The molecule has 1 atom stereocenters. The topological polar surface area (TPSA) is 101 Å². The van der Waals surface area contributed by atoms with Gasteiger partial charge in [-0.1, -0.05) is 36.4 Å². The quantitative estimate of drug-likeness (QED) is 0.560. The Balaban J connectivity index is 1.47. The number of carbonyl (C=O) groups is 3. The Kier molecular flexibility index (Phi) is 9.19. The summed E-state index contributed by atoms with van der Waals surface area (Å²) >= 11 is 0. The molecule has 32 heavy (non-hydrogen) atoms. The van der Waals surface area contributed by atoms with Crippen LogP contribution in [0.1, 0.15) is 31.2 Å². The molecule has 0 saturated carbocycles. The molecule has 0 aliphatic carbocycles. The molecule has 1 aliphatic rings. The maximum Gasteiger partial charge on any atom is 0.239 e. The zero-order valence-electron chi connectivity index (χ0n) is 18.2. The molecule has 3 rings (SSSR count). The van der Waals surface area contributed by atoms with Crippen molar-refractivity contribution < 1.29 is 19.1 Å². The number of nitrogens with one attached hydrogen (secondary N) is 2. The molecule has 0 radical (unpaired) electrons. The fraction of sp³-hybridized carbons (Fsp3) is 0.417. The monoisotopic (exact) mass is 438 g/mol. The van der Waals surface area contributed by atoms with E-state index in [0.717, 1.165) is 24.8 Å². The lowest BCUT2D eigenvalue weighted by Gasteiger charge is -2.25. The normalized spacial score (nSPS) is 15.2. The second-order valence-corrected chi connectivity index (χ2v) is 7.76. The number of ether oxygens (including phenoxy) is 1. The molecular weight excluding hydrogens is 408 g/mol. The lowest BCUT2D eigenvalue weighted by Crippen LogP contribution is -2.44. The van der Waals surface area contributed by atoms with Gasteiger partial charge in [-0.2, -0.15) is 0 Å². The molecule has 2 N–H and O–H groups in total. The van der Waals surface area contributed by atoms with E-state index in [9.17, 15) is 14.4 Å². The van der Waals surface area contributed by atoms with Crippen LogP contribution < -0.4 is 10.6 Å². The van der Waals surface area contributed by atoms with Crippen LogP contribution in [0, 0.1) is 0 Å². The van der Waals surface area contributed by atoms with Crippen molar-refractivity contribution in [2.75, 3.05) is 31.6 Å². The highest BCUT2D eigenvalue weighted by atomic mass is 16.5. The zero-order valence-corrected chi connectivity index (χ0v) is 18.2. The largest absolute Gasteiger partial charge is 0.376 e. The van der Waals surface area contributed by atoms with Crippen LogP contribution in [0.25, 0.3) is 0 Å². The van der Waals surface area contributed by atoms with Gasteiger partial charge in [-0.05, 0) is 37.0 Å². The molecule has 3 amide bonds. The Bertz CT molecular complexity index is 870. The summed E-state index contributed by atoms with van der Waals surface area (Å²) in [4.78, 5) is 43.0. The van der Waals surface area contributed by atoms with Gasteiger partial charge in [0.25, 0.3) is 0 Å². The smallest absolute Gasteiger partial charge is 0.239 e. The molecule has 8 nitrogen and oxygen atoms in total. The predicted octanol–water partition coefficient (Wildman–Crippen LogP) is 2.17. The Hall–Kier alpha value is -3.26. The van der Waals surface area contributed by atoms with E-state index in [2.05, 4.69) is 15.6 Å². The number of benzene rings is 1. The van der Waals surface area contributed by atoms with Gasteiger partial charge in [-0.15, -0.1) is 0 Å². The van der Waals surface area contributed by atoms with E-state index in [-0.39, 0.29) is 43.2 Å². The summed E-state index contributed by atoms with van der Waals surface area (Å²) in [5.74, 6) is -0.305. The van der Waals surface area contributed by atoms with Gasteiger partial charge in [0, 0.05) is 38.7 Å². The molecule has 2 aromatic rings. The van der Waals surface area contributed by atoms with Gasteiger partial charge < -0.3 is 20.3 Å². The average Bonchev–Trinajstić information content (AvgIpc) is 3.32. The summed E-state index contributed by atoms with van der Waals surface area (Å²) in [6.07, 6.45) is 4.08. The van der Waals surface area contributed by atoms with Crippen LogP contribution in [0.4, 0.5) is 5.82 Å². The Labute approximate surface area is 188 Å². The van der Waals surface area contributed by atoms with Gasteiger partial charge >= 0.3 is 0 Å². The standard InChI is InChI=1S/C24H30N4O4/c29-22(27-21-10-4-5-14-25-21)11-12-24(31)28(17-20-9-6-16-32-20)18-23(30)26-15-13-19-7-2-1-3-8-19/h1-5,7-8,10,14,20H,6,9,11-13,15-18H2,(H,26,30)(H,25,27,29). The van der Waals surface area contributed by atoms with Crippen LogP contribution in [0.5, 0.6) is 0 Å². The summed E-state index contributed by atoms with van der Waals surface area (Å²) in [6.45, 7) is 1.47. The number of aromatic nitrogens is 1. The van der Waals surface area contributed by atoms with Crippen LogP contribution >= 0.6 is 0 Å². The summed E-state index contributed by atoms with van der Waals surface area (Å²) in [7, 11) is 0. The highest BCUT2D eigenvalue weighted by Crippen LogP contribution is 2.14. The van der Waals surface area contributed by atoms with Crippen LogP contribution in [0.3, 0.4) is 0 Å². The SMILES string of the molecule is O=C(CN(CC1CCCO1)C(=O)CCC(=O)Nc1ccccn1)NCCc1ccccc1. The van der Waals surface area contributed by atoms with E-state index in [4.69, 9.17) is 4.74 Å². The van der Waals surface area contributed by atoms with E-state index in [1.807, 2.05) is 30.3 Å². The van der Waals surface area contributed by atoms with Gasteiger partial charge in [0.1, 0.15) is 5.82 Å². The van der Waals surface area contributed by atoms with Crippen LogP contribution in [0.15, 0.2) is 54.7 Å². The average molecular weight is 439 g/mol. The number of amides is 3. The lowest BCUT2D eigenvalue weighted by atomic mass is 10.1. The molecule has 1 aromatic carbocycles. The van der Waals surface area contributed by atoms with Crippen LogP contribution in [-0.4, -0.2) is 60.0 Å². The molecule has 8 heteroatoms. The van der Waals surface area contributed by atoms with Gasteiger partial charge in [-0.25, -0.2) is 4.98 Å². The van der Waals surface area contributed by atoms with Gasteiger partial charge in [-0.3, -0.25) is 14.4 Å². The first kappa shape index (κ1) is 23.4. The molecule has 1 aliphatic heterocycles. The third-order valence-electron chi connectivity index (χ3n) is 5.21. The zero-order chi connectivity index (χ0) is 22.6. The van der Waals surface area contributed by atoms with Crippen LogP contribution in [-0.2, 0) is 25.5 Å². The summed E-state index contributed by atoms with van der Waals surface area (Å²) < 4.78 is 5.65. The summed E-state index contributed by atoms with van der Waals surface area (Å²) in [5.41, 5.74) is 1.14. The Morgan fingerprint density at radius 3 is 2.56 bits per heavy atom. The van der Waals surface area contributed by atoms with Crippen molar-refractivity contribution in [1.29, 1.82) is 0 Å². The molecule has 2 heterocycles. The highest BCUT2D eigenvalue weighted by molar-refractivity contribution is 5.93. The molecule has 1 aromatic heterocycles. The Morgan fingerprint density at radius 2 is 1.84 bits per heavy atom. The van der Waals surface area contributed by atoms with Crippen LogP contribution in [0.2, 0.25) is 0 Å². The molecular formula is C24H30N4O4. The lowest BCUT2D eigenvalue weighted by molar-refractivity contribution is -0.138. The number of nitrogens with zero attached hydrogens (tertiary/aromatic N) is 2. The minimum absolute atomic E-state index is 0.0165. The summed E-state index contributed by atoms with van der Waals surface area (Å²) in [5, 5.41) is 5.55. The summed E-state index contributed by atoms with van der Waals surface area (Å²) in [6, 6.07) is 15.1. The van der Waals surface area contributed by atoms with E-state index >= 15 is 0 Å². The fourth-order valence-corrected chi connectivity index (χ4v) is 3.53. The maximum absolute atomic E-state index is 12.8. The van der Waals surface area contributed by atoms with Crippen molar-refractivity contribution in [3.05, 3.63) is 60.3 Å². The van der Waals surface area contributed by atoms with E-state index in [0.29, 0.717) is 25.5 Å². The van der Waals surface area contributed by atoms with E-state index in [1.165, 1.54) is 4.90 Å². The van der Waals surface area contributed by atoms with Crippen molar-refractivity contribution in [3.8, 4) is 0 Å². The minimum Gasteiger partial charge on any atom is -0.376 e. The third-order valence-corrected chi connectivity index (χ3v) is 5.21. The number of anilines is 1. The fourth-order valence-electron chi connectivity index (χ4n) is 3.53. The maximum atomic E-state index is 12.8. The van der Waals surface area contributed by atoms with Crippen molar-refractivity contribution >= 4 is 23.5 Å². The van der Waals surface area contributed by atoms with Crippen molar-refractivity contribution in [2.24, 2.45) is 0 Å². The predicted molar refractivity (Wildman–Crippen MR) is 121 cm³/mol. The van der Waals surface area contributed by atoms with Crippen molar-refractivity contribution in [1.82, 2.24) is 15.2 Å². The molecule has 1 fully saturated rings. The number of carbonyl (C=O) groups excluding carboxylic acids is 3. The van der Waals surface area contributed by atoms with Crippen molar-refractivity contribution in [3.63, 3.8) is 0 Å². The first-order chi connectivity index (χ1) is 15.6. The molecule has 1 unspecified atom stereocenters. The number of hydrogen-bond acceptors (Lipinski definition) is 5. The minimum atomic E-state index is -0.290. The van der Waals surface area contributed by atoms with Gasteiger partial charge in [0.2, 0.25) is 17.7 Å². The van der Waals surface area contributed by atoms with Crippen molar-refractivity contribution in [2.45, 2.75) is 38.2 Å². The molecule has 170 valence electrons. The van der Waals surface area contributed by atoms with E-state index < -0.39 is 0 Å². The molecule has 0 bridgehead atoms. The number of pyridine rings is 1. The second kappa shape index (κ2) is 12.6. The molecule has 0 spiro atoms. The van der Waals surface area contributed by atoms with Gasteiger partial charge in [0.05, 0.1) is 12.6 Å². The van der Waals surface area contributed by atoms with Gasteiger partial charge in [0.15, 0.2) is 0 Å².